The molecule has 1 atom stereocenters. The molecule has 0 aliphatic rings. The summed E-state index contributed by atoms with van der Waals surface area (Å²) in [4.78, 5) is 0. The van der Waals surface area contributed by atoms with E-state index in [1.807, 2.05) is 32.4 Å². The highest BCUT2D eigenvalue weighted by Crippen LogP contribution is 2.25. The van der Waals surface area contributed by atoms with E-state index in [0.29, 0.717) is 6.42 Å². The van der Waals surface area contributed by atoms with Gasteiger partial charge in [-0.15, -0.1) is 0 Å². The highest BCUT2D eigenvalue weighted by atomic mass is 35.5. The summed E-state index contributed by atoms with van der Waals surface area (Å²) < 4.78 is 15.2. The molecular formula is C14H17ClFN3. The smallest absolute Gasteiger partial charge is 0.142 e. The molecule has 0 fully saturated rings. The number of aryl methyl sites for hydroxylation is 1. The Bertz CT molecular complexity index is 553. The van der Waals surface area contributed by atoms with Crippen LogP contribution in [0.25, 0.3) is 0 Å². The number of aromatic nitrogens is 2. The Hall–Kier alpha value is -1.39. The fourth-order valence-corrected chi connectivity index (χ4v) is 2.30. The molecule has 0 aliphatic carbocycles. The summed E-state index contributed by atoms with van der Waals surface area (Å²) in [6.45, 7) is 2.86. The van der Waals surface area contributed by atoms with Crippen LogP contribution in [-0.4, -0.2) is 16.3 Å². The molecule has 1 heterocycles. The van der Waals surface area contributed by atoms with Crippen molar-refractivity contribution in [3.05, 3.63) is 52.6 Å². The zero-order valence-electron chi connectivity index (χ0n) is 11.0. The van der Waals surface area contributed by atoms with Gasteiger partial charge in [-0.3, -0.25) is 4.68 Å². The van der Waals surface area contributed by atoms with Crippen LogP contribution in [0.5, 0.6) is 0 Å². The van der Waals surface area contributed by atoms with Crippen LogP contribution in [-0.2, 0) is 13.5 Å². The number of nitrogens with one attached hydrogen (secondary N) is 1. The van der Waals surface area contributed by atoms with Crippen LogP contribution in [0.4, 0.5) is 4.39 Å². The van der Waals surface area contributed by atoms with Crippen molar-refractivity contribution in [3.63, 3.8) is 0 Å². The van der Waals surface area contributed by atoms with Gasteiger partial charge in [0, 0.05) is 24.8 Å². The summed E-state index contributed by atoms with van der Waals surface area (Å²) in [5, 5.41) is 7.75. The van der Waals surface area contributed by atoms with Crippen molar-refractivity contribution >= 4 is 11.6 Å². The quantitative estimate of drug-likeness (QED) is 0.913. The molecule has 1 aromatic carbocycles. The minimum absolute atomic E-state index is 0.0815. The summed E-state index contributed by atoms with van der Waals surface area (Å²) in [7, 11) is 1.88. The van der Waals surface area contributed by atoms with E-state index in [-0.39, 0.29) is 16.9 Å². The molecule has 102 valence electrons. The molecule has 1 N–H and O–H groups in total. The van der Waals surface area contributed by atoms with Crippen molar-refractivity contribution in [1.82, 2.24) is 15.1 Å². The van der Waals surface area contributed by atoms with Gasteiger partial charge in [-0.25, -0.2) is 4.39 Å². The van der Waals surface area contributed by atoms with E-state index in [1.165, 1.54) is 6.07 Å². The minimum atomic E-state index is -0.374. The summed E-state index contributed by atoms with van der Waals surface area (Å²) in [5.41, 5.74) is 1.88. The maximum absolute atomic E-state index is 13.5. The molecule has 0 amide bonds. The van der Waals surface area contributed by atoms with Crippen LogP contribution in [0.15, 0.2) is 30.6 Å². The second kappa shape index (κ2) is 6.17. The van der Waals surface area contributed by atoms with Crippen LogP contribution in [0.2, 0.25) is 5.02 Å². The Morgan fingerprint density at radius 3 is 2.89 bits per heavy atom. The van der Waals surface area contributed by atoms with Crippen molar-refractivity contribution in [1.29, 1.82) is 0 Å². The molecule has 0 bridgehead atoms. The molecule has 0 spiro atoms. The molecule has 0 radical (unpaired) electrons. The normalized spacial score (nSPS) is 12.6. The largest absolute Gasteiger partial charge is 0.310 e. The van der Waals surface area contributed by atoms with Gasteiger partial charge in [0.1, 0.15) is 5.82 Å². The number of hydrogen-bond acceptors (Lipinski definition) is 2. The molecule has 5 heteroatoms. The Morgan fingerprint density at radius 1 is 1.47 bits per heavy atom. The average molecular weight is 282 g/mol. The van der Waals surface area contributed by atoms with E-state index < -0.39 is 0 Å². The van der Waals surface area contributed by atoms with Gasteiger partial charge in [0.05, 0.1) is 11.2 Å². The van der Waals surface area contributed by atoms with Crippen LogP contribution >= 0.6 is 11.6 Å². The lowest BCUT2D eigenvalue weighted by Gasteiger charge is -2.17. The van der Waals surface area contributed by atoms with E-state index in [2.05, 4.69) is 10.4 Å². The minimum Gasteiger partial charge on any atom is -0.310 e. The topological polar surface area (TPSA) is 29.9 Å². The first kappa shape index (κ1) is 14.0. The van der Waals surface area contributed by atoms with Crippen LogP contribution in [0.1, 0.15) is 24.1 Å². The van der Waals surface area contributed by atoms with Gasteiger partial charge in [-0.2, -0.15) is 5.10 Å². The standard InChI is InChI=1S/C14H17ClFN3/c1-3-17-13(11-8-18-19(2)9-11)7-10-5-4-6-12(16)14(10)15/h4-6,8-9,13,17H,3,7H2,1-2H3. The van der Waals surface area contributed by atoms with E-state index >= 15 is 0 Å². The molecule has 3 nitrogen and oxygen atoms in total. The fraction of sp³-hybridized carbons (Fsp3) is 0.357. The van der Waals surface area contributed by atoms with Gasteiger partial charge in [-0.05, 0) is 24.6 Å². The van der Waals surface area contributed by atoms with Crippen molar-refractivity contribution in [2.75, 3.05) is 6.54 Å². The highest BCUT2D eigenvalue weighted by Gasteiger charge is 2.15. The maximum Gasteiger partial charge on any atom is 0.142 e. The molecule has 0 saturated heterocycles. The monoisotopic (exact) mass is 281 g/mol. The third-order valence-corrected chi connectivity index (χ3v) is 3.46. The average Bonchev–Trinajstić information content (AvgIpc) is 2.81. The summed E-state index contributed by atoms with van der Waals surface area (Å²) in [5.74, 6) is -0.374. The summed E-state index contributed by atoms with van der Waals surface area (Å²) in [6.07, 6.45) is 4.41. The molecule has 1 unspecified atom stereocenters. The first-order valence-corrected chi connectivity index (χ1v) is 6.64. The van der Waals surface area contributed by atoms with E-state index in [0.717, 1.165) is 17.7 Å². The summed E-state index contributed by atoms with van der Waals surface area (Å²) >= 11 is 6.01. The van der Waals surface area contributed by atoms with E-state index in [9.17, 15) is 4.39 Å². The van der Waals surface area contributed by atoms with Crippen molar-refractivity contribution < 1.29 is 4.39 Å². The number of nitrogens with zero attached hydrogens (tertiary/aromatic N) is 2. The van der Waals surface area contributed by atoms with Crippen LogP contribution < -0.4 is 5.32 Å². The third kappa shape index (κ3) is 3.33. The molecular weight excluding hydrogens is 265 g/mol. The van der Waals surface area contributed by atoms with Crippen molar-refractivity contribution in [3.8, 4) is 0 Å². The second-order valence-corrected chi connectivity index (χ2v) is 4.85. The maximum atomic E-state index is 13.5. The van der Waals surface area contributed by atoms with Gasteiger partial charge in [0.15, 0.2) is 0 Å². The number of benzene rings is 1. The van der Waals surface area contributed by atoms with E-state index in [4.69, 9.17) is 11.6 Å². The molecule has 0 aliphatic heterocycles. The van der Waals surface area contributed by atoms with Gasteiger partial charge in [0.25, 0.3) is 0 Å². The number of hydrogen-bond donors (Lipinski definition) is 1. The van der Waals surface area contributed by atoms with Crippen molar-refractivity contribution in [2.24, 2.45) is 7.05 Å². The molecule has 2 aromatic rings. The predicted molar refractivity (Wildman–Crippen MR) is 74.7 cm³/mol. The van der Waals surface area contributed by atoms with Crippen LogP contribution in [0.3, 0.4) is 0 Å². The molecule has 1 aromatic heterocycles. The van der Waals surface area contributed by atoms with Crippen LogP contribution in [0, 0.1) is 5.82 Å². The second-order valence-electron chi connectivity index (χ2n) is 4.47. The lowest BCUT2D eigenvalue weighted by Crippen LogP contribution is -2.22. The number of rotatable bonds is 5. The lowest BCUT2D eigenvalue weighted by molar-refractivity contribution is 0.546. The third-order valence-electron chi connectivity index (χ3n) is 3.03. The molecule has 2 rings (SSSR count). The van der Waals surface area contributed by atoms with Crippen molar-refractivity contribution in [2.45, 2.75) is 19.4 Å². The number of halogens is 2. The first-order chi connectivity index (χ1) is 9.11. The highest BCUT2D eigenvalue weighted by molar-refractivity contribution is 6.31. The SMILES string of the molecule is CCNC(Cc1cccc(F)c1Cl)c1cnn(C)c1. The zero-order chi connectivity index (χ0) is 13.8. The molecule has 19 heavy (non-hydrogen) atoms. The lowest BCUT2D eigenvalue weighted by atomic mass is 10.0. The Morgan fingerprint density at radius 2 is 2.26 bits per heavy atom. The fourth-order valence-electron chi connectivity index (χ4n) is 2.10. The zero-order valence-corrected chi connectivity index (χ0v) is 11.8. The van der Waals surface area contributed by atoms with Gasteiger partial charge in [0.2, 0.25) is 0 Å². The van der Waals surface area contributed by atoms with Gasteiger partial charge in [-0.1, -0.05) is 30.7 Å². The Labute approximate surface area is 117 Å². The molecule has 0 saturated carbocycles. The Balaban J connectivity index is 2.23. The number of likely N-dealkylation sites (N-methyl/N-ethyl adjacent to an activating group) is 1. The first-order valence-electron chi connectivity index (χ1n) is 6.26. The Kier molecular flexibility index (Phi) is 4.56. The predicted octanol–water partition coefficient (Wildman–Crippen LogP) is 3.11. The summed E-state index contributed by atoms with van der Waals surface area (Å²) in [6, 6.07) is 4.99. The van der Waals surface area contributed by atoms with Gasteiger partial charge < -0.3 is 5.32 Å². The van der Waals surface area contributed by atoms with E-state index in [1.54, 1.807) is 10.7 Å². The van der Waals surface area contributed by atoms with Gasteiger partial charge >= 0.3 is 0 Å².